The fourth-order valence-electron chi connectivity index (χ4n) is 4.34. The van der Waals surface area contributed by atoms with Crippen molar-refractivity contribution in [3.63, 3.8) is 0 Å². The Morgan fingerprint density at radius 3 is 2.68 bits per heavy atom. The molecule has 7 heteroatoms. The molecule has 6 nitrogen and oxygen atoms in total. The van der Waals surface area contributed by atoms with Crippen molar-refractivity contribution in [3.8, 4) is 10.9 Å². The lowest BCUT2D eigenvalue weighted by atomic mass is 9.87. The average molecular weight is 467 g/mol. The van der Waals surface area contributed by atoms with E-state index in [-0.39, 0.29) is 11.8 Å². The third kappa shape index (κ3) is 3.74. The normalized spacial score (nSPS) is 15.2. The fourth-order valence-corrected chi connectivity index (χ4v) is 5.27. The molecule has 0 bridgehead atoms. The van der Waals surface area contributed by atoms with Crippen molar-refractivity contribution < 1.29 is 9.53 Å². The Bertz CT molecular complexity index is 1470. The Morgan fingerprint density at radius 2 is 1.82 bits per heavy atom. The van der Waals surface area contributed by atoms with E-state index >= 15 is 0 Å². The van der Waals surface area contributed by atoms with Crippen LogP contribution in [0.25, 0.3) is 15.3 Å². The maximum Gasteiger partial charge on any atom is 0.226 e. The summed E-state index contributed by atoms with van der Waals surface area (Å²) in [5, 5.41) is 8.36. The number of para-hydroxylation sites is 2. The first-order valence-electron chi connectivity index (χ1n) is 11.2. The molecular weight excluding hydrogens is 444 g/mol. The Kier molecular flexibility index (Phi) is 5.11. The van der Waals surface area contributed by atoms with Gasteiger partial charge in [-0.2, -0.15) is 9.78 Å². The molecule has 6 rings (SSSR count). The number of carbonyl (C=O) groups excluding carboxylic acids is 1. The molecule has 5 aromatic rings. The number of benzene rings is 3. The summed E-state index contributed by atoms with van der Waals surface area (Å²) in [5.41, 5.74) is 5.18. The van der Waals surface area contributed by atoms with Crippen molar-refractivity contribution in [1.82, 2.24) is 14.8 Å². The second-order valence-electron chi connectivity index (χ2n) is 8.44. The van der Waals surface area contributed by atoms with Crippen LogP contribution >= 0.6 is 11.3 Å². The van der Waals surface area contributed by atoms with Gasteiger partial charge in [0.25, 0.3) is 0 Å². The monoisotopic (exact) mass is 466 g/mol. The third-order valence-electron chi connectivity index (χ3n) is 6.09. The topological polar surface area (TPSA) is 69.0 Å². The van der Waals surface area contributed by atoms with E-state index in [1.807, 2.05) is 54.7 Å². The fraction of sp³-hybridized carbons (Fsp3) is 0.148. The van der Waals surface area contributed by atoms with Crippen molar-refractivity contribution in [1.29, 1.82) is 0 Å². The Morgan fingerprint density at radius 1 is 1.03 bits per heavy atom. The van der Waals surface area contributed by atoms with Crippen molar-refractivity contribution in [2.24, 2.45) is 0 Å². The zero-order valence-corrected chi connectivity index (χ0v) is 19.4. The molecular formula is C27H22N4O2S. The second kappa shape index (κ2) is 8.43. The first-order valence-corrected chi connectivity index (χ1v) is 12.0. The molecule has 2 aromatic heterocycles. The molecule has 3 heterocycles. The molecule has 0 fully saturated rings. The van der Waals surface area contributed by atoms with E-state index in [2.05, 4.69) is 41.6 Å². The SMILES string of the molecule is Cc1ccc(COc2ccccc2[C@@H]2CC(=O)Nc3c2cnn3-c2nc3ccccc3s2)cc1. The molecule has 0 spiro atoms. The highest BCUT2D eigenvalue weighted by molar-refractivity contribution is 7.20. The predicted molar refractivity (Wildman–Crippen MR) is 134 cm³/mol. The van der Waals surface area contributed by atoms with Crippen molar-refractivity contribution in [2.75, 3.05) is 5.32 Å². The van der Waals surface area contributed by atoms with Crippen LogP contribution in [0.15, 0.2) is 79.0 Å². The number of nitrogens with one attached hydrogen (secondary N) is 1. The minimum atomic E-state index is -0.152. The number of hydrogen-bond donors (Lipinski definition) is 1. The quantitative estimate of drug-likeness (QED) is 0.353. The molecule has 0 saturated carbocycles. The van der Waals surface area contributed by atoms with Crippen molar-refractivity contribution in [2.45, 2.75) is 25.9 Å². The summed E-state index contributed by atoms with van der Waals surface area (Å²) in [6, 6.07) is 24.2. The van der Waals surface area contributed by atoms with Gasteiger partial charge in [-0.1, -0.05) is 71.5 Å². The predicted octanol–water partition coefficient (Wildman–Crippen LogP) is 5.84. The number of amides is 1. The number of rotatable bonds is 5. The summed E-state index contributed by atoms with van der Waals surface area (Å²) < 4.78 is 9.04. The van der Waals surface area contributed by atoms with Crippen LogP contribution in [-0.4, -0.2) is 20.7 Å². The maximum atomic E-state index is 12.8. The zero-order chi connectivity index (χ0) is 23.1. The minimum Gasteiger partial charge on any atom is -0.489 e. The van der Waals surface area contributed by atoms with E-state index in [1.54, 1.807) is 16.0 Å². The standard InChI is InChI=1S/C27H22N4O2S/c1-17-10-12-18(13-11-17)16-33-23-8-4-2-6-19(23)20-14-25(32)30-26-21(20)15-28-31(26)27-29-22-7-3-5-9-24(22)34-27/h2-13,15,20H,14,16H2,1H3,(H,30,32)/t20-/m0/s1. The lowest BCUT2D eigenvalue weighted by molar-refractivity contribution is -0.116. The van der Waals surface area contributed by atoms with E-state index in [4.69, 9.17) is 9.72 Å². The van der Waals surface area contributed by atoms with Crippen molar-refractivity contribution in [3.05, 3.63) is 101 Å². The summed E-state index contributed by atoms with van der Waals surface area (Å²) in [5.74, 6) is 1.25. The lowest BCUT2D eigenvalue weighted by Gasteiger charge is -2.25. The van der Waals surface area contributed by atoms with Gasteiger partial charge in [0.1, 0.15) is 18.2 Å². The molecule has 1 N–H and O–H groups in total. The summed E-state index contributed by atoms with van der Waals surface area (Å²) >= 11 is 1.55. The number of hydrogen-bond acceptors (Lipinski definition) is 5. The summed E-state index contributed by atoms with van der Waals surface area (Å²) in [4.78, 5) is 17.5. The van der Waals surface area contributed by atoms with Crippen LogP contribution in [0.2, 0.25) is 0 Å². The van der Waals surface area contributed by atoms with E-state index in [0.29, 0.717) is 18.8 Å². The van der Waals surface area contributed by atoms with E-state index in [0.717, 1.165) is 37.8 Å². The van der Waals surface area contributed by atoms with Crippen LogP contribution < -0.4 is 10.1 Å². The number of ether oxygens (including phenoxy) is 1. The molecule has 0 saturated heterocycles. The molecule has 0 radical (unpaired) electrons. The number of aryl methyl sites for hydroxylation is 1. The van der Waals surface area contributed by atoms with Crippen LogP contribution in [0.5, 0.6) is 5.75 Å². The smallest absolute Gasteiger partial charge is 0.226 e. The maximum absolute atomic E-state index is 12.8. The lowest BCUT2D eigenvalue weighted by Crippen LogP contribution is -2.24. The second-order valence-corrected chi connectivity index (χ2v) is 9.45. The number of thiazole rings is 1. The van der Waals surface area contributed by atoms with Gasteiger partial charge >= 0.3 is 0 Å². The van der Waals surface area contributed by atoms with Gasteiger partial charge in [0.15, 0.2) is 0 Å². The molecule has 34 heavy (non-hydrogen) atoms. The van der Waals surface area contributed by atoms with Gasteiger partial charge in [-0.3, -0.25) is 4.79 Å². The van der Waals surface area contributed by atoms with E-state index in [9.17, 15) is 4.79 Å². The van der Waals surface area contributed by atoms with Crippen LogP contribution in [0, 0.1) is 6.92 Å². The number of nitrogens with zero attached hydrogens (tertiary/aromatic N) is 3. The van der Waals surface area contributed by atoms with Crippen LogP contribution in [-0.2, 0) is 11.4 Å². The summed E-state index contributed by atoms with van der Waals surface area (Å²) in [6.45, 7) is 2.54. The third-order valence-corrected chi connectivity index (χ3v) is 7.11. The molecule has 1 atom stereocenters. The van der Waals surface area contributed by atoms with Gasteiger partial charge in [0, 0.05) is 23.5 Å². The number of carbonyl (C=O) groups is 1. The first-order chi connectivity index (χ1) is 16.7. The average Bonchev–Trinajstić information content (AvgIpc) is 3.47. The Balaban J connectivity index is 1.35. The number of anilines is 1. The van der Waals surface area contributed by atoms with Crippen molar-refractivity contribution >= 4 is 33.3 Å². The molecule has 3 aromatic carbocycles. The van der Waals surface area contributed by atoms with Gasteiger partial charge in [0.2, 0.25) is 11.0 Å². The number of fused-ring (bicyclic) bond motifs is 2. The van der Waals surface area contributed by atoms with Gasteiger partial charge in [-0.15, -0.1) is 0 Å². The van der Waals surface area contributed by atoms with E-state index in [1.165, 1.54) is 5.56 Å². The highest BCUT2D eigenvalue weighted by Gasteiger charge is 2.32. The number of aromatic nitrogens is 3. The van der Waals surface area contributed by atoms with Crippen LogP contribution in [0.4, 0.5) is 5.82 Å². The van der Waals surface area contributed by atoms with Crippen LogP contribution in [0.1, 0.15) is 34.6 Å². The molecule has 168 valence electrons. The Hall–Kier alpha value is -3.97. The first kappa shape index (κ1) is 20.6. The largest absolute Gasteiger partial charge is 0.489 e. The van der Waals surface area contributed by atoms with Gasteiger partial charge < -0.3 is 10.1 Å². The van der Waals surface area contributed by atoms with Gasteiger partial charge in [-0.05, 0) is 30.7 Å². The van der Waals surface area contributed by atoms with Gasteiger partial charge in [-0.25, -0.2) is 4.98 Å². The zero-order valence-electron chi connectivity index (χ0n) is 18.6. The molecule has 1 aliphatic rings. The van der Waals surface area contributed by atoms with E-state index < -0.39 is 0 Å². The van der Waals surface area contributed by atoms with Gasteiger partial charge in [0.05, 0.1) is 16.4 Å². The highest BCUT2D eigenvalue weighted by atomic mass is 32.1. The summed E-state index contributed by atoms with van der Waals surface area (Å²) in [6.07, 6.45) is 2.17. The molecule has 1 aliphatic heterocycles. The van der Waals surface area contributed by atoms with Crippen LogP contribution in [0.3, 0.4) is 0 Å². The molecule has 0 aliphatic carbocycles. The molecule has 1 amide bonds. The highest BCUT2D eigenvalue weighted by Crippen LogP contribution is 2.42. The summed E-state index contributed by atoms with van der Waals surface area (Å²) in [7, 11) is 0. The Labute approximate surface area is 200 Å². The molecule has 0 unspecified atom stereocenters. The minimum absolute atomic E-state index is 0.0475.